The zero-order chi connectivity index (χ0) is 19.7. The van der Waals surface area contributed by atoms with Crippen molar-refractivity contribution < 1.29 is 27.2 Å². The zero-order valence-electron chi connectivity index (χ0n) is 14.0. The number of nitrogens with one attached hydrogen (secondary N) is 2. The van der Waals surface area contributed by atoms with Crippen molar-refractivity contribution in [2.45, 2.75) is 19.5 Å². The second-order valence-corrected chi connectivity index (χ2v) is 5.98. The summed E-state index contributed by atoms with van der Waals surface area (Å²) in [6.07, 6.45) is 1.63. The minimum Gasteiger partial charge on any atom is -0.348 e. The van der Waals surface area contributed by atoms with Crippen molar-refractivity contribution in [3.8, 4) is 0 Å². The van der Waals surface area contributed by atoms with Crippen molar-refractivity contribution >= 4 is 17.6 Å². The summed E-state index contributed by atoms with van der Waals surface area (Å²) in [5, 5.41) is 4.72. The van der Waals surface area contributed by atoms with E-state index in [0.717, 1.165) is 23.4 Å². The van der Waals surface area contributed by atoms with Crippen molar-refractivity contribution in [3.63, 3.8) is 0 Å². The molecule has 2 heterocycles. The molecular weight excluding hydrogens is 368 g/mol. The maximum Gasteiger partial charge on any atom is 0.322 e. The lowest BCUT2D eigenvalue weighted by Crippen LogP contribution is -2.45. The summed E-state index contributed by atoms with van der Waals surface area (Å²) in [6.45, 7) is 0.518. The van der Waals surface area contributed by atoms with Crippen molar-refractivity contribution in [3.05, 3.63) is 58.9 Å². The van der Waals surface area contributed by atoms with E-state index < -0.39 is 47.8 Å². The predicted molar refractivity (Wildman–Crippen MR) is 86.5 cm³/mol. The number of benzene rings is 1. The molecule has 27 heavy (non-hydrogen) atoms. The molecule has 1 atom stereocenters. The number of carbonyl (C=O) groups excluding carboxylic acids is 2. The van der Waals surface area contributed by atoms with Crippen molar-refractivity contribution in [2.75, 3.05) is 11.9 Å². The molecule has 2 aromatic rings. The minimum absolute atomic E-state index is 0.0957. The highest BCUT2D eigenvalue weighted by atomic mass is 19.2. The second-order valence-electron chi connectivity index (χ2n) is 5.98. The highest BCUT2D eigenvalue weighted by Crippen LogP contribution is 2.27. The molecule has 0 saturated heterocycles. The number of anilines is 1. The van der Waals surface area contributed by atoms with E-state index in [4.69, 9.17) is 0 Å². The van der Waals surface area contributed by atoms with Gasteiger partial charge in [-0.2, -0.15) is 0 Å². The van der Waals surface area contributed by atoms with Crippen molar-refractivity contribution in [1.29, 1.82) is 0 Å². The molecule has 6 nitrogen and oxygen atoms in total. The maximum absolute atomic E-state index is 13.9. The van der Waals surface area contributed by atoms with E-state index >= 15 is 0 Å². The van der Waals surface area contributed by atoms with Gasteiger partial charge in [-0.05, 0) is 19.1 Å². The summed E-state index contributed by atoms with van der Waals surface area (Å²) in [6, 6.07) is 0.392. The largest absolute Gasteiger partial charge is 0.348 e. The molecule has 1 aliphatic heterocycles. The second kappa shape index (κ2) is 7.22. The summed E-state index contributed by atoms with van der Waals surface area (Å²) >= 11 is 0. The number of halogens is 4. The summed E-state index contributed by atoms with van der Waals surface area (Å²) in [5.41, 5.74) is -0.355. The van der Waals surface area contributed by atoms with Crippen LogP contribution in [0.2, 0.25) is 0 Å². The van der Waals surface area contributed by atoms with E-state index in [1.54, 1.807) is 0 Å². The first-order valence-electron chi connectivity index (χ1n) is 7.89. The van der Waals surface area contributed by atoms with Gasteiger partial charge in [0.2, 0.25) is 5.91 Å². The molecule has 2 N–H and O–H groups in total. The Labute approximate surface area is 151 Å². The van der Waals surface area contributed by atoms with Gasteiger partial charge in [0.1, 0.15) is 18.2 Å². The van der Waals surface area contributed by atoms with Gasteiger partial charge in [-0.1, -0.05) is 0 Å². The molecule has 142 valence electrons. The predicted octanol–water partition coefficient (Wildman–Crippen LogP) is 2.86. The van der Waals surface area contributed by atoms with Crippen molar-refractivity contribution in [2.24, 2.45) is 0 Å². The molecule has 0 radical (unpaired) electrons. The minimum atomic E-state index is -1.12. The van der Waals surface area contributed by atoms with E-state index in [2.05, 4.69) is 15.6 Å². The van der Waals surface area contributed by atoms with Gasteiger partial charge in [0.15, 0.2) is 11.6 Å². The molecule has 0 spiro atoms. The fourth-order valence-electron chi connectivity index (χ4n) is 2.82. The molecule has 3 rings (SSSR count). The van der Waals surface area contributed by atoms with Gasteiger partial charge in [0, 0.05) is 11.1 Å². The number of fused-ring (bicyclic) bond motifs is 1. The third-order valence-corrected chi connectivity index (χ3v) is 4.11. The van der Waals surface area contributed by atoms with Crippen LogP contribution in [0.5, 0.6) is 0 Å². The summed E-state index contributed by atoms with van der Waals surface area (Å²) in [5.74, 6) is -4.78. The molecular formula is C17H14F4N4O2. The van der Waals surface area contributed by atoms with Crippen LogP contribution in [-0.4, -0.2) is 28.4 Å². The van der Waals surface area contributed by atoms with Gasteiger partial charge in [0.05, 0.1) is 30.7 Å². The third kappa shape index (κ3) is 3.69. The van der Waals surface area contributed by atoms with Gasteiger partial charge in [0.25, 0.3) is 0 Å². The van der Waals surface area contributed by atoms with Crippen LogP contribution >= 0.6 is 0 Å². The van der Waals surface area contributed by atoms with E-state index in [0.29, 0.717) is 0 Å². The van der Waals surface area contributed by atoms with Crippen LogP contribution in [-0.2, 0) is 11.3 Å². The number of pyridine rings is 1. The SMILES string of the molecule is C[C@H](NC(=O)CN1Cc2c(ccc(F)c2F)NC1=O)c1c(F)cncc1F. The number of amides is 3. The van der Waals surface area contributed by atoms with Crippen LogP contribution < -0.4 is 10.6 Å². The average Bonchev–Trinajstić information content (AvgIpc) is 2.59. The fourth-order valence-corrected chi connectivity index (χ4v) is 2.82. The summed E-state index contributed by atoms with van der Waals surface area (Å²) in [4.78, 5) is 28.5. The lowest BCUT2D eigenvalue weighted by Gasteiger charge is -2.29. The fraction of sp³-hybridized carbons (Fsp3) is 0.235. The van der Waals surface area contributed by atoms with Crippen LogP contribution in [0.4, 0.5) is 28.0 Å². The molecule has 0 saturated carbocycles. The first-order chi connectivity index (χ1) is 12.8. The lowest BCUT2D eigenvalue weighted by molar-refractivity contribution is -0.122. The highest BCUT2D eigenvalue weighted by molar-refractivity contribution is 5.94. The van der Waals surface area contributed by atoms with Gasteiger partial charge < -0.3 is 15.5 Å². The molecule has 0 fully saturated rings. The Morgan fingerprint density at radius 2 is 1.89 bits per heavy atom. The monoisotopic (exact) mass is 382 g/mol. The average molecular weight is 382 g/mol. The number of urea groups is 1. The van der Waals surface area contributed by atoms with E-state index in [1.807, 2.05) is 0 Å². The molecule has 0 bridgehead atoms. The zero-order valence-corrected chi connectivity index (χ0v) is 14.0. The summed E-state index contributed by atoms with van der Waals surface area (Å²) < 4.78 is 54.7. The molecule has 3 amide bonds. The number of carbonyl (C=O) groups is 2. The Kier molecular flexibility index (Phi) is 4.98. The number of nitrogens with zero attached hydrogens (tertiary/aromatic N) is 2. The van der Waals surface area contributed by atoms with Gasteiger partial charge in [-0.25, -0.2) is 22.4 Å². The Morgan fingerprint density at radius 1 is 1.22 bits per heavy atom. The van der Waals surface area contributed by atoms with Crippen LogP contribution in [0.25, 0.3) is 0 Å². The van der Waals surface area contributed by atoms with E-state index in [-0.39, 0.29) is 23.4 Å². The maximum atomic E-state index is 13.9. The molecule has 1 aromatic heterocycles. The van der Waals surface area contributed by atoms with E-state index in [9.17, 15) is 27.2 Å². The summed E-state index contributed by atoms with van der Waals surface area (Å²) in [7, 11) is 0. The number of aromatic nitrogens is 1. The smallest absolute Gasteiger partial charge is 0.322 e. The van der Waals surface area contributed by atoms with Gasteiger partial charge in [-0.15, -0.1) is 0 Å². The third-order valence-electron chi connectivity index (χ3n) is 4.11. The highest BCUT2D eigenvalue weighted by Gasteiger charge is 2.28. The van der Waals surface area contributed by atoms with E-state index in [1.165, 1.54) is 13.0 Å². The Hall–Kier alpha value is -3.17. The standard InChI is InChI=1S/C17H14F4N4O2/c1-8(15-11(19)4-22-5-12(15)20)23-14(26)7-25-6-9-13(24-17(25)27)3-2-10(18)16(9)21/h2-5,8H,6-7H2,1H3,(H,23,26)(H,24,27)/t8-/m0/s1. The Bertz CT molecular complexity index is 902. The number of rotatable bonds is 4. The van der Waals surface area contributed by atoms with Crippen LogP contribution in [0.1, 0.15) is 24.1 Å². The van der Waals surface area contributed by atoms with Gasteiger partial charge in [-0.3, -0.25) is 9.78 Å². The number of hydrogen-bond acceptors (Lipinski definition) is 3. The van der Waals surface area contributed by atoms with Crippen molar-refractivity contribution in [1.82, 2.24) is 15.2 Å². The first kappa shape index (κ1) is 18.6. The molecule has 1 aromatic carbocycles. The molecule has 0 aliphatic carbocycles. The Balaban J connectivity index is 1.71. The quantitative estimate of drug-likeness (QED) is 0.799. The first-order valence-corrected chi connectivity index (χ1v) is 7.89. The molecule has 1 aliphatic rings. The number of hydrogen-bond donors (Lipinski definition) is 2. The molecule has 10 heteroatoms. The Morgan fingerprint density at radius 3 is 2.56 bits per heavy atom. The van der Waals surface area contributed by atoms with Crippen LogP contribution in [0.3, 0.4) is 0 Å². The normalized spacial score (nSPS) is 14.4. The van der Waals surface area contributed by atoms with Crippen LogP contribution in [0.15, 0.2) is 24.5 Å². The van der Waals surface area contributed by atoms with Crippen LogP contribution in [0, 0.1) is 23.3 Å². The van der Waals surface area contributed by atoms with Gasteiger partial charge >= 0.3 is 6.03 Å². The lowest BCUT2D eigenvalue weighted by atomic mass is 10.1. The molecule has 0 unspecified atom stereocenters. The topological polar surface area (TPSA) is 74.3 Å².